The Balaban J connectivity index is 1.82. The fraction of sp³-hybridized carbons (Fsp3) is 0.357. The van der Waals surface area contributed by atoms with Gasteiger partial charge in [-0.05, 0) is 48.6 Å². The van der Waals surface area contributed by atoms with Gasteiger partial charge in [-0.3, -0.25) is 4.79 Å². The summed E-state index contributed by atoms with van der Waals surface area (Å²) in [6.45, 7) is 2.22. The molecule has 1 unspecified atom stereocenters. The van der Waals surface area contributed by atoms with Gasteiger partial charge < -0.3 is 10.1 Å². The molecule has 1 aliphatic heterocycles. The summed E-state index contributed by atoms with van der Waals surface area (Å²) in [6.07, 6.45) is 1.12. The maximum atomic E-state index is 12.8. The van der Waals surface area contributed by atoms with Crippen LogP contribution in [0, 0.1) is 5.82 Å². The van der Waals surface area contributed by atoms with Crippen LogP contribution in [-0.2, 0) is 9.53 Å². The number of carbonyl (C=O) groups excluding carboxylic acids is 1. The van der Waals surface area contributed by atoms with Crippen LogP contribution >= 0.6 is 11.8 Å². The molecule has 0 aliphatic carbocycles. The Morgan fingerprint density at radius 2 is 2.16 bits per heavy atom. The number of benzene rings is 1. The number of rotatable bonds is 5. The molecule has 1 atom stereocenters. The summed E-state index contributed by atoms with van der Waals surface area (Å²) in [6, 6.07) is 6.35. The van der Waals surface area contributed by atoms with Gasteiger partial charge in [-0.2, -0.15) is 0 Å². The predicted octanol–water partition coefficient (Wildman–Crippen LogP) is 3.13. The van der Waals surface area contributed by atoms with Gasteiger partial charge in [-0.25, -0.2) is 4.39 Å². The lowest BCUT2D eigenvalue weighted by molar-refractivity contribution is -0.143. The van der Waals surface area contributed by atoms with Crippen molar-refractivity contribution in [2.24, 2.45) is 0 Å². The summed E-state index contributed by atoms with van der Waals surface area (Å²) < 4.78 is 17.7. The van der Waals surface area contributed by atoms with Gasteiger partial charge in [0.2, 0.25) is 0 Å². The van der Waals surface area contributed by atoms with E-state index in [1.165, 1.54) is 12.1 Å². The van der Waals surface area contributed by atoms with E-state index in [9.17, 15) is 9.18 Å². The molecule has 5 heteroatoms. The molecule has 0 radical (unpaired) electrons. The average Bonchev–Trinajstić information content (AvgIpc) is 2.86. The molecule has 1 aromatic rings. The van der Waals surface area contributed by atoms with Crippen LogP contribution in [0.4, 0.5) is 4.39 Å². The standard InChI is InChI=1S/C14H16FNO2S/c1-2-18-14(17)8-7-13-16-12(9-19-13)10-3-5-11(15)6-4-10/h3-6,9,13,16H,2,7-8H2,1H3. The minimum Gasteiger partial charge on any atom is -0.466 e. The zero-order chi connectivity index (χ0) is 13.7. The largest absolute Gasteiger partial charge is 0.466 e. The molecular formula is C14H16FNO2S. The third-order valence-corrected chi connectivity index (χ3v) is 3.79. The summed E-state index contributed by atoms with van der Waals surface area (Å²) in [5, 5.41) is 5.49. The van der Waals surface area contributed by atoms with Crippen molar-refractivity contribution in [1.29, 1.82) is 0 Å². The van der Waals surface area contributed by atoms with Crippen LogP contribution in [0.2, 0.25) is 0 Å². The normalized spacial score (nSPS) is 17.8. The Hall–Kier alpha value is -1.49. The molecule has 0 fully saturated rings. The van der Waals surface area contributed by atoms with E-state index in [4.69, 9.17) is 4.74 Å². The molecule has 3 nitrogen and oxygen atoms in total. The Bertz CT molecular complexity index is 473. The van der Waals surface area contributed by atoms with Gasteiger partial charge in [0.25, 0.3) is 0 Å². The topological polar surface area (TPSA) is 38.3 Å². The number of hydrogen-bond donors (Lipinski definition) is 1. The average molecular weight is 281 g/mol. The number of nitrogens with one attached hydrogen (secondary N) is 1. The predicted molar refractivity (Wildman–Crippen MR) is 74.8 cm³/mol. The molecule has 1 N–H and O–H groups in total. The van der Waals surface area contributed by atoms with Gasteiger partial charge >= 0.3 is 5.97 Å². The van der Waals surface area contributed by atoms with Gasteiger partial charge in [0.15, 0.2) is 0 Å². The molecule has 1 aromatic carbocycles. The fourth-order valence-corrected chi connectivity index (χ4v) is 2.75. The molecule has 1 heterocycles. The van der Waals surface area contributed by atoms with E-state index in [1.807, 2.05) is 5.41 Å². The van der Waals surface area contributed by atoms with E-state index in [1.54, 1.807) is 30.8 Å². The Morgan fingerprint density at radius 1 is 1.42 bits per heavy atom. The lowest BCUT2D eigenvalue weighted by Crippen LogP contribution is -2.21. The number of esters is 1. The third kappa shape index (κ3) is 3.99. The number of ether oxygens (including phenoxy) is 1. The molecule has 102 valence electrons. The first kappa shape index (κ1) is 13.9. The number of hydrogen-bond acceptors (Lipinski definition) is 4. The van der Waals surface area contributed by atoms with Crippen LogP contribution < -0.4 is 5.32 Å². The molecule has 0 amide bonds. The monoisotopic (exact) mass is 281 g/mol. The molecule has 0 saturated heterocycles. The van der Waals surface area contributed by atoms with Gasteiger partial charge in [0.05, 0.1) is 12.0 Å². The van der Waals surface area contributed by atoms with Crippen molar-refractivity contribution >= 4 is 23.4 Å². The van der Waals surface area contributed by atoms with Crippen molar-refractivity contribution in [3.63, 3.8) is 0 Å². The van der Waals surface area contributed by atoms with E-state index in [2.05, 4.69) is 5.32 Å². The van der Waals surface area contributed by atoms with Crippen LogP contribution in [0.25, 0.3) is 5.70 Å². The van der Waals surface area contributed by atoms with E-state index in [0.29, 0.717) is 19.4 Å². The minimum atomic E-state index is -0.242. The van der Waals surface area contributed by atoms with Crippen molar-refractivity contribution in [2.45, 2.75) is 25.1 Å². The lowest BCUT2D eigenvalue weighted by Gasteiger charge is -2.12. The van der Waals surface area contributed by atoms with Gasteiger partial charge in [0.1, 0.15) is 5.82 Å². The van der Waals surface area contributed by atoms with E-state index in [-0.39, 0.29) is 17.2 Å². The minimum absolute atomic E-state index is 0.167. The smallest absolute Gasteiger partial charge is 0.305 e. The molecule has 0 aromatic heterocycles. The van der Waals surface area contributed by atoms with E-state index >= 15 is 0 Å². The van der Waals surface area contributed by atoms with Crippen LogP contribution in [0.1, 0.15) is 25.3 Å². The second-order valence-electron chi connectivity index (χ2n) is 4.15. The molecule has 0 bridgehead atoms. The zero-order valence-electron chi connectivity index (χ0n) is 10.7. The molecular weight excluding hydrogens is 265 g/mol. The Labute approximate surface area is 116 Å². The van der Waals surface area contributed by atoms with Crippen LogP contribution in [-0.4, -0.2) is 18.0 Å². The summed E-state index contributed by atoms with van der Waals surface area (Å²) in [5.74, 6) is -0.408. The van der Waals surface area contributed by atoms with Crippen molar-refractivity contribution in [3.05, 3.63) is 41.1 Å². The van der Waals surface area contributed by atoms with Gasteiger partial charge in [-0.15, -0.1) is 11.8 Å². The van der Waals surface area contributed by atoms with Crippen molar-refractivity contribution in [2.75, 3.05) is 6.61 Å². The first-order valence-corrected chi connectivity index (χ1v) is 7.17. The van der Waals surface area contributed by atoms with Gasteiger partial charge in [-0.1, -0.05) is 0 Å². The lowest BCUT2D eigenvalue weighted by atomic mass is 10.1. The van der Waals surface area contributed by atoms with Crippen molar-refractivity contribution < 1.29 is 13.9 Å². The highest BCUT2D eigenvalue weighted by molar-refractivity contribution is 8.03. The highest BCUT2D eigenvalue weighted by atomic mass is 32.2. The van der Waals surface area contributed by atoms with Crippen LogP contribution in [0.3, 0.4) is 0 Å². The van der Waals surface area contributed by atoms with E-state index < -0.39 is 0 Å². The molecule has 0 saturated carbocycles. The highest BCUT2D eigenvalue weighted by Gasteiger charge is 2.18. The van der Waals surface area contributed by atoms with Crippen LogP contribution in [0.5, 0.6) is 0 Å². The van der Waals surface area contributed by atoms with Crippen molar-refractivity contribution in [1.82, 2.24) is 5.32 Å². The summed E-state index contributed by atoms with van der Waals surface area (Å²) in [4.78, 5) is 11.3. The van der Waals surface area contributed by atoms with Gasteiger partial charge in [0, 0.05) is 12.1 Å². The molecule has 1 aliphatic rings. The van der Waals surface area contributed by atoms with E-state index in [0.717, 1.165) is 11.3 Å². The maximum Gasteiger partial charge on any atom is 0.305 e. The fourth-order valence-electron chi connectivity index (χ4n) is 1.79. The summed E-state index contributed by atoms with van der Waals surface area (Å²) in [5.41, 5.74) is 1.92. The zero-order valence-corrected chi connectivity index (χ0v) is 11.5. The summed E-state index contributed by atoms with van der Waals surface area (Å²) >= 11 is 1.63. The first-order valence-electron chi connectivity index (χ1n) is 6.22. The SMILES string of the molecule is CCOC(=O)CCC1NC(c2ccc(F)cc2)=CS1. The molecule has 19 heavy (non-hydrogen) atoms. The highest BCUT2D eigenvalue weighted by Crippen LogP contribution is 2.29. The molecule has 2 rings (SSSR count). The number of carbonyl (C=O) groups is 1. The number of halogens is 1. The van der Waals surface area contributed by atoms with Crippen LogP contribution in [0.15, 0.2) is 29.7 Å². The Kier molecular flexibility index (Phi) is 4.85. The molecule has 0 spiro atoms. The quantitative estimate of drug-likeness (QED) is 0.842. The number of thioether (sulfide) groups is 1. The van der Waals surface area contributed by atoms with Crippen molar-refractivity contribution in [3.8, 4) is 0 Å². The maximum absolute atomic E-state index is 12.8. The Morgan fingerprint density at radius 3 is 2.84 bits per heavy atom. The third-order valence-electron chi connectivity index (χ3n) is 2.74. The summed E-state index contributed by atoms with van der Waals surface area (Å²) in [7, 11) is 0. The second-order valence-corrected chi connectivity index (χ2v) is 5.23. The first-order chi connectivity index (χ1) is 9.19. The second kappa shape index (κ2) is 6.61.